The second-order valence-electron chi connectivity index (χ2n) is 5.89. The lowest BCUT2D eigenvalue weighted by Crippen LogP contribution is -2.45. The molecule has 0 saturated carbocycles. The molecule has 0 spiro atoms. The molecule has 0 aromatic heterocycles. The zero-order valence-corrected chi connectivity index (χ0v) is 14.7. The minimum atomic E-state index is -0.199. The molecule has 5 nitrogen and oxygen atoms in total. The van der Waals surface area contributed by atoms with Crippen molar-refractivity contribution in [2.75, 3.05) is 21.3 Å². The third-order valence-electron chi connectivity index (χ3n) is 3.73. The number of aryl methyl sites for hydroxylation is 1. The van der Waals surface area contributed by atoms with E-state index in [9.17, 15) is 4.79 Å². The van der Waals surface area contributed by atoms with Crippen molar-refractivity contribution in [2.45, 2.75) is 46.3 Å². The van der Waals surface area contributed by atoms with Gasteiger partial charge in [-0.05, 0) is 58.0 Å². The number of likely N-dealkylation sites (N-methyl/N-ethyl adjacent to an activating group) is 1. The summed E-state index contributed by atoms with van der Waals surface area (Å²) in [4.78, 5) is 14.1. The molecular formula is C17H28N2O3. The van der Waals surface area contributed by atoms with E-state index in [-0.39, 0.29) is 18.0 Å². The van der Waals surface area contributed by atoms with E-state index in [1.54, 1.807) is 14.2 Å². The van der Waals surface area contributed by atoms with Gasteiger partial charge in [0.25, 0.3) is 0 Å². The Labute approximate surface area is 133 Å². The maximum absolute atomic E-state index is 12.1. The van der Waals surface area contributed by atoms with E-state index in [2.05, 4.69) is 5.32 Å². The van der Waals surface area contributed by atoms with Crippen LogP contribution in [0.4, 0.5) is 0 Å². The first-order valence-corrected chi connectivity index (χ1v) is 7.52. The Balaban J connectivity index is 2.87. The van der Waals surface area contributed by atoms with Crippen LogP contribution in [0.15, 0.2) is 12.1 Å². The summed E-state index contributed by atoms with van der Waals surface area (Å²) in [6, 6.07) is 3.87. The number of carbonyl (C=O) groups excluding carboxylic acids is 1. The SMILES string of the molecule is COc1cc(C)c(CN(C)[C@@H](C)C(=O)NC(C)C)cc1OC. The molecule has 0 aliphatic carbocycles. The Morgan fingerprint density at radius 1 is 1.18 bits per heavy atom. The normalized spacial score (nSPS) is 12.4. The Kier molecular flexibility index (Phi) is 6.68. The molecule has 1 aromatic rings. The first-order valence-electron chi connectivity index (χ1n) is 7.52. The first-order chi connectivity index (χ1) is 10.3. The van der Waals surface area contributed by atoms with E-state index < -0.39 is 0 Å². The first kappa shape index (κ1) is 18.3. The zero-order valence-electron chi connectivity index (χ0n) is 14.7. The number of nitrogens with zero attached hydrogens (tertiary/aromatic N) is 1. The monoisotopic (exact) mass is 308 g/mol. The molecule has 0 fully saturated rings. The number of rotatable bonds is 7. The van der Waals surface area contributed by atoms with Crippen LogP contribution in [0.3, 0.4) is 0 Å². The molecule has 0 aliphatic rings. The summed E-state index contributed by atoms with van der Waals surface area (Å²) in [5.74, 6) is 1.46. The van der Waals surface area contributed by atoms with E-state index in [1.807, 2.05) is 51.8 Å². The summed E-state index contributed by atoms with van der Waals surface area (Å²) in [6.45, 7) is 8.53. The predicted octanol–water partition coefficient (Wildman–Crippen LogP) is 2.36. The maximum atomic E-state index is 12.1. The predicted molar refractivity (Wildman–Crippen MR) is 88.5 cm³/mol. The molecule has 0 radical (unpaired) electrons. The summed E-state index contributed by atoms with van der Waals surface area (Å²) in [5.41, 5.74) is 2.23. The van der Waals surface area contributed by atoms with Crippen LogP contribution < -0.4 is 14.8 Å². The van der Waals surface area contributed by atoms with Crippen LogP contribution in [0, 0.1) is 6.92 Å². The van der Waals surface area contributed by atoms with Gasteiger partial charge < -0.3 is 14.8 Å². The molecule has 1 atom stereocenters. The summed E-state index contributed by atoms with van der Waals surface area (Å²) < 4.78 is 10.7. The van der Waals surface area contributed by atoms with E-state index in [0.717, 1.165) is 16.9 Å². The van der Waals surface area contributed by atoms with Gasteiger partial charge in [0, 0.05) is 12.6 Å². The van der Waals surface area contributed by atoms with Crippen molar-refractivity contribution in [2.24, 2.45) is 0 Å². The third kappa shape index (κ3) is 4.63. The van der Waals surface area contributed by atoms with Gasteiger partial charge in [0.15, 0.2) is 11.5 Å². The van der Waals surface area contributed by atoms with E-state index in [0.29, 0.717) is 12.3 Å². The van der Waals surface area contributed by atoms with E-state index in [4.69, 9.17) is 9.47 Å². The van der Waals surface area contributed by atoms with Crippen molar-refractivity contribution in [3.8, 4) is 11.5 Å². The van der Waals surface area contributed by atoms with Crippen molar-refractivity contribution < 1.29 is 14.3 Å². The fraction of sp³-hybridized carbons (Fsp3) is 0.588. The summed E-state index contributed by atoms with van der Waals surface area (Å²) in [6.07, 6.45) is 0. The number of nitrogens with one attached hydrogen (secondary N) is 1. The minimum absolute atomic E-state index is 0.0376. The number of carbonyl (C=O) groups is 1. The highest BCUT2D eigenvalue weighted by molar-refractivity contribution is 5.81. The highest BCUT2D eigenvalue weighted by atomic mass is 16.5. The molecule has 0 aliphatic heterocycles. The van der Waals surface area contributed by atoms with Crippen LogP contribution in [0.25, 0.3) is 0 Å². The number of methoxy groups -OCH3 is 2. The minimum Gasteiger partial charge on any atom is -0.493 e. The number of hydrogen-bond acceptors (Lipinski definition) is 4. The van der Waals surface area contributed by atoms with E-state index in [1.165, 1.54) is 0 Å². The molecule has 1 N–H and O–H groups in total. The van der Waals surface area contributed by atoms with Gasteiger partial charge in [0.1, 0.15) is 0 Å². The summed E-state index contributed by atoms with van der Waals surface area (Å²) >= 11 is 0. The van der Waals surface area contributed by atoms with Crippen LogP contribution in [-0.4, -0.2) is 44.2 Å². The topological polar surface area (TPSA) is 50.8 Å². The van der Waals surface area contributed by atoms with Gasteiger partial charge in [0.05, 0.1) is 20.3 Å². The van der Waals surface area contributed by atoms with Gasteiger partial charge >= 0.3 is 0 Å². The summed E-state index contributed by atoms with van der Waals surface area (Å²) in [5, 5.41) is 2.94. The van der Waals surface area contributed by atoms with Gasteiger partial charge in [0.2, 0.25) is 5.91 Å². The number of hydrogen-bond donors (Lipinski definition) is 1. The average Bonchev–Trinajstić information content (AvgIpc) is 2.47. The fourth-order valence-corrected chi connectivity index (χ4v) is 2.20. The second kappa shape index (κ2) is 8.03. The van der Waals surface area contributed by atoms with Crippen molar-refractivity contribution >= 4 is 5.91 Å². The highest BCUT2D eigenvalue weighted by Crippen LogP contribution is 2.30. The molecule has 5 heteroatoms. The molecule has 22 heavy (non-hydrogen) atoms. The molecular weight excluding hydrogens is 280 g/mol. The maximum Gasteiger partial charge on any atom is 0.237 e. The molecule has 0 heterocycles. The second-order valence-corrected chi connectivity index (χ2v) is 5.89. The lowest BCUT2D eigenvalue weighted by Gasteiger charge is -2.26. The lowest BCUT2D eigenvalue weighted by atomic mass is 10.1. The zero-order chi connectivity index (χ0) is 16.9. The van der Waals surface area contributed by atoms with Crippen LogP contribution >= 0.6 is 0 Å². The quantitative estimate of drug-likeness (QED) is 0.840. The molecule has 0 unspecified atom stereocenters. The van der Waals surface area contributed by atoms with Gasteiger partial charge in [-0.1, -0.05) is 0 Å². The lowest BCUT2D eigenvalue weighted by molar-refractivity contribution is -0.126. The van der Waals surface area contributed by atoms with Crippen molar-refractivity contribution in [3.05, 3.63) is 23.3 Å². The van der Waals surface area contributed by atoms with Gasteiger partial charge in [-0.15, -0.1) is 0 Å². The molecule has 0 saturated heterocycles. The van der Waals surface area contributed by atoms with Crippen LogP contribution in [0.1, 0.15) is 31.9 Å². The molecule has 124 valence electrons. The van der Waals surface area contributed by atoms with Crippen molar-refractivity contribution in [3.63, 3.8) is 0 Å². The van der Waals surface area contributed by atoms with Crippen LogP contribution in [-0.2, 0) is 11.3 Å². The molecule has 1 aromatic carbocycles. The number of amides is 1. The number of benzene rings is 1. The molecule has 1 amide bonds. The standard InChI is InChI=1S/C17H28N2O3/c1-11(2)18-17(20)13(4)19(5)10-14-9-16(22-7)15(21-6)8-12(14)3/h8-9,11,13H,10H2,1-7H3,(H,18,20)/t13-/m0/s1. The number of ether oxygens (including phenoxy) is 2. The van der Waals surface area contributed by atoms with Crippen LogP contribution in [0.5, 0.6) is 11.5 Å². The molecule has 0 bridgehead atoms. The largest absolute Gasteiger partial charge is 0.493 e. The fourth-order valence-electron chi connectivity index (χ4n) is 2.20. The van der Waals surface area contributed by atoms with Gasteiger partial charge in [-0.25, -0.2) is 0 Å². The molecule has 1 rings (SSSR count). The highest BCUT2D eigenvalue weighted by Gasteiger charge is 2.20. The Bertz CT molecular complexity index is 515. The Morgan fingerprint density at radius 3 is 2.23 bits per heavy atom. The Morgan fingerprint density at radius 2 is 1.73 bits per heavy atom. The van der Waals surface area contributed by atoms with Crippen molar-refractivity contribution in [1.29, 1.82) is 0 Å². The van der Waals surface area contributed by atoms with Crippen LogP contribution in [0.2, 0.25) is 0 Å². The smallest absolute Gasteiger partial charge is 0.237 e. The Hall–Kier alpha value is -1.75. The average molecular weight is 308 g/mol. The van der Waals surface area contributed by atoms with Crippen molar-refractivity contribution in [1.82, 2.24) is 10.2 Å². The van der Waals surface area contributed by atoms with E-state index >= 15 is 0 Å². The third-order valence-corrected chi connectivity index (χ3v) is 3.73. The van der Waals surface area contributed by atoms with Gasteiger partial charge in [-0.3, -0.25) is 9.69 Å². The van der Waals surface area contributed by atoms with Gasteiger partial charge in [-0.2, -0.15) is 0 Å². The summed E-state index contributed by atoms with van der Waals surface area (Å²) in [7, 11) is 5.20.